The Labute approximate surface area is 178 Å². The van der Waals surface area contributed by atoms with E-state index in [1.807, 2.05) is 0 Å². The highest BCUT2D eigenvalue weighted by Gasteiger charge is 2.18. The Morgan fingerprint density at radius 3 is 2.69 bits per heavy atom. The predicted molar refractivity (Wildman–Crippen MR) is 115 cm³/mol. The van der Waals surface area contributed by atoms with E-state index in [0.717, 1.165) is 30.2 Å². The van der Waals surface area contributed by atoms with E-state index in [9.17, 15) is 14.4 Å². The first-order valence-electron chi connectivity index (χ1n) is 9.62. The van der Waals surface area contributed by atoms with Gasteiger partial charge in [-0.05, 0) is 59.1 Å². The van der Waals surface area contributed by atoms with Crippen LogP contribution in [0.15, 0.2) is 47.1 Å². The molecule has 1 saturated heterocycles. The van der Waals surface area contributed by atoms with E-state index in [4.69, 9.17) is 0 Å². The highest BCUT2D eigenvalue weighted by atomic mass is 79.9. The third kappa shape index (κ3) is 6.39. The van der Waals surface area contributed by atoms with Gasteiger partial charge in [0.2, 0.25) is 11.8 Å². The van der Waals surface area contributed by atoms with Crippen LogP contribution in [0.25, 0.3) is 0 Å². The van der Waals surface area contributed by atoms with Gasteiger partial charge < -0.3 is 15.5 Å². The van der Waals surface area contributed by atoms with E-state index >= 15 is 0 Å². The first-order valence-corrected chi connectivity index (χ1v) is 10.4. The topological polar surface area (TPSA) is 91.4 Å². The molecule has 0 unspecified atom stereocenters. The molecule has 8 heteroatoms. The summed E-state index contributed by atoms with van der Waals surface area (Å²) in [6.07, 6.45) is 6.03. The highest BCUT2D eigenvalue weighted by molar-refractivity contribution is 9.10. The van der Waals surface area contributed by atoms with E-state index in [1.165, 1.54) is 0 Å². The molecule has 3 amide bonds. The lowest BCUT2D eigenvalue weighted by molar-refractivity contribution is -0.135. The molecule has 2 N–H and O–H groups in total. The Morgan fingerprint density at radius 2 is 1.90 bits per heavy atom. The highest BCUT2D eigenvalue weighted by Crippen LogP contribution is 2.15. The second-order valence-corrected chi connectivity index (χ2v) is 7.84. The van der Waals surface area contributed by atoms with Crippen molar-refractivity contribution in [1.82, 2.24) is 9.88 Å². The van der Waals surface area contributed by atoms with E-state index in [0.29, 0.717) is 30.0 Å². The average molecular weight is 459 g/mol. The molecule has 29 heavy (non-hydrogen) atoms. The summed E-state index contributed by atoms with van der Waals surface area (Å²) < 4.78 is 0.818. The molecule has 0 radical (unpaired) electrons. The lowest BCUT2D eigenvalue weighted by Crippen LogP contribution is -2.39. The summed E-state index contributed by atoms with van der Waals surface area (Å²) in [4.78, 5) is 42.8. The summed E-state index contributed by atoms with van der Waals surface area (Å²) in [5.74, 6) is -0.140. The van der Waals surface area contributed by atoms with Gasteiger partial charge in [-0.3, -0.25) is 14.4 Å². The molecule has 7 nitrogen and oxygen atoms in total. The fourth-order valence-electron chi connectivity index (χ4n) is 3.13. The van der Waals surface area contributed by atoms with Gasteiger partial charge in [0.15, 0.2) is 0 Å². The zero-order valence-electron chi connectivity index (χ0n) is 16.0. The molecule has 0 atom stereocenters. The molecule has 1 aromatic heterocycles. The Kier molecular flexibility index (Phi) is 7.35. The van der Waals surface area contributed by atoms with Crippen LogP contribution < -0.4 is 10.6 Å². The molecule has 1 aliphatic rings. The number of nitrogens with zero attached hydrogens (tertiary/aromatic N) is 2. The summed E-state index contributed by atoms with van der Waals surface area (Å²) in [5, 5.41) is 5.49. The minimum absolute atomic E-state index is 0.0231. The maximum Gasteiger partial charge on any atom is 0.256 e. The third-order valence-corrected chi connectivity index (χ3v) is 5.10. The number of hydrogen-bond acceptors (Lipinski definition) is 4. The van der Waals surface area contributed by atoms with Crippen molar-refractivity contribution >= 4 is 45.2 Å². The van der Waals surface area contributed by atoms with Crippen LogP contribution in [0.3, 0.4) is 0 Å². The molecule has 3 rings (SSSR count). The smallest absolute Gasteiger partial charge is 0.256 e. The number of halogens is 1. The monoisotopic (exact) mass is 458 g/mol. The number of carbonyl (C=O) groups is 3. The standard InChI is InChI=1S/C21H23BrN4O3/c22-16-9-10-18(23-13-16)25-21(29)15-6-5-7-17(12-15)24-19(27)14-26-11-4-2-1-3-8-20(26)28/h5-7,9-10,12-13H,1-4,8,11,14H2,(H,24,27)(H,23,25,29). The number of carbonyl (C=O) groups excluding carboxylic acids is 3. The molecule has 152 valence electrons. The lowest BCUT2D eigenvalue weighted by Gasteiger charge is -2.24. The number of pyridine rings is 1. The second kappa shape index (κ2) is 10.2. The molecule has 0 bridgehead atoms. The second-order valence-electron chi connectivity index (χ2n) is 6.92. The van der Waals surface area contributed by atoms with Crippen LogP contribution >= 0.6 is 15.9 Å². The van der Waals surface area contributed by atoms with Gasteiger partial charge in [0.1, 0.15) is 5.82 Å². The number of rotatable bonds is 5. The number of aromatic nitrogens is 1. The van der Waals surface area contributed by atoms with Crippen molar-refractivity contribution in [1.29, 1.82) is 0 Å². The van der Waals surface area contributed by atoms with Crippen LogP contribution in [-0.2, 0) is 9.59 Å². The number of hydrogen-bond donors (Lipinski definition) is 2. The minimum atomic E-state index is -0.324. The quantitative estimate of drug-likeness (QED) is 0.711. The van der Waals surface area contributed by atoms with Crippen molar-refractivity contribution < 1.29 is 14.4 Å². The molecule has 1 fully saturated rings. The molecular formula is C21H23BrN4O3. The summed E-state index contributed by atoms with van der Waals surface area (Å²) in [7, 11) is 0. The molecule has 1 aliphatic heterocycles. The van der Waals surface area contributed by atoms with Crippen molar-refractivity contribution in [3.8, 4) is 0 Å². The fourth-order valence-corrected chi connectivity index (χ4v) is 3.37. The van der Waals surface area contributed by atoms with Crippen molar-refractivity contribution in [2.75, 3.05) is 23.7 Å². The average Bonchev–Trinajstić information content (AvgIpc) is 2.70. The molecule has 0 saturated carbocycles. The minimum Gasteiger partial charge on any atom is -0.333 e. The van der Waals surface area contributed by atoms with Crippen molar-refractivity contribution in [2.45, 2.75) is 32.1 Å². The van der Waals surface area contributed by atoms with Gasteiger partial charge in [-0.25, -0.2) is 4.98 Å². The van der Waals surface area contributed by atoms with Crippen LogP contribution in [-0.4, -0.2) is 40.7 Å². The Hall–Kier alpha value is -2.74. The molecule has 2 heterocycles. The normalized spacial score (nSPS) is 14.7. The predicted octanol–water partition coefficient (Wildman–Crippen LogP) is 3.83. The largest absolute Gasteiger partial charge is 0.333 e. The van der Waals surface area contributed by atoms with Gasteiger partial charge >= 0.3 is 0 Å². The van der Waals surface area contributed by atoms with E-state index in [1.54, 1.807) is 47.5 Å². The lowest BCUT2D eigenvalue weighted by atomic mass is 10.1. The van der Waals surface area contributed by atoms with Gasteiger partial charge in [-0.2, -0.15) is 0 Å². The molecular weight excluding hydrogens is 436 g/mol. The Bertz CT molecular complexity index is 886. The fraction of sp³-hybridized carbons (Fsp3) is 0.333. The zero-order chi connectivity index (χ0) is 20.6. The number of anilines is 2. The van der Waals surface area contributed by atoms with Crippen molar-refractivity contribution in [3.05, 3.63) is 52.6 Å². The Balaban J connectivity index is 1.59. The number of nitrogens with one attached hydrogen (secondary N) is 2. The van der Waals surface area contributed by atoms with E-state index < -0.39 is 0 Å². The summed E-state index contributed by atoms with van der Waals surface area (Å²) in [6, 6.07) is 10.1. The zero-order valence-corrected chi connectivity index (χ0v) is 17.6. The molecule has 1 aromatic carbocycles. The first kappa shape index (κ1) is 21.0. The third-order valence-electron chi connectivity index (χ3n) is 4.63. The maximum atomic E-state index is 12.4. The Morgan fingerprint density at radius 1 is 1.07 bits per heavy atom. The summed E-state index contributed by atoms with van der Waals surface area (Å²) >= 11 is 3.30. The molecule has 0 spiro atoms. The SMILES string of the molecule is O=C(CN1CCCCCCC1=O)Nc1cccc(C(=O)Nc2ccc(Br)cn2)c1. The van der Waals surface area contributed by atoms with Crippen LogP contribution in [0.5, 0.6) is 0 Å². The number of benzene rings is 1. The molecule has 2 aromatic rings. The van der Waals surface area contributed by atoms with Crippen LogP contribution in [0.1, 0.15) is 42.5 Å². The van der Waals surface area contributed by atoms with Crippen molar-refractivity contribution in [3.63, 3.8) is 0 Å². The van der Waals surface area contributed by atoms with Gasteiger partial charge in [0.25, 0.3) is 5.91 Å². The van der Waals surface area contributed by atoms with Gasteiger partial charge in [0.05, 0.1) is 6.54 Å². The first-order chi connectivity index (χ1) is 14.0. The number of amides is 3. The van der Waals surface area contributed by atoms with E-state index in [-0.39, 0.29) is 24.3 Å². The van der Waals surface area contributed by atoms with Gasteiger partial charge in [0, 0.05) is 34.9 Å². The van der Waals surface area contributed by atoms with Gasteiger partial charge in [-0.15, -0.1) is 0 Å². The summed E-state index contributed by atoms with van der Waals surface area (Å²) in [5.41, 5.74) is 0.903. The van der Waals surface area contributed by atoms with Crippen LogP contribution in [0, 0.1) is 0 Å². The molecule has 0 aliphatic carbocycles. The van der Waals surface area contributed by atoms with Crippen LogP contribution in [0.2, 0.25) is 0 Å². The van der Waals surface area contributed by atoms with Crippen molar-refractivity contribution in [2.24, 2.45) is 0 Å². The van der Waals surface area contributed by atoms with Crippen LogP contribution in [0.4, 0.5) is 11.5 Å². The number of likely N-dealkylation sites (tertiary alicyclic amines) is 1. The van der Waals surface area contributed by atoms with E-state index in [2.05, 4.69) is 31.5 Å². The van der Waals surface area contributed by atoms with Gasteiger partial charge in [-0.1, -0.05) is 18.9 Å². The maximum absolute atomic E-state index is 12.4. The summed E-state index contributed by atoms with van der Waals surface area (Å²) in [6.45, 7) is 0.632.